The summed E-state index contributed by atoms with van der Waals surface area (Å²) >= 11 is 6.71. The number of amides is 1. The average molecular weight is 386 g/mol. The van der Waals surface area contributed by atoms with Gasteiger partial charge in [-0.25, -0.2) is 0 Å². The molecule has 0 bridgehead atoms. The van der Waals surface area contributed by atoms with E-state index in [-0.39, 0.29) is 12.0 Å². The lowest BCUT2D eigenvalue weighted by Crippen LogP contribution is -2.27. The molecule has 0 radical (unpaired) electrons. The van der Waals surface area contributed by atoms with E-state index in [4.69, 9.17) is 21.7 Å². The molecule has 1 saturated heterocycles. The highest BCUT2D eigenvalue weighted by atomic mass is 32.2. The number of rotatable bonds is 5. The maximum absolute atomic E-state index is 12.9. The number of carbonyl (C=O) groups excluding carboxylic acids is 1. The molecule has 0 aliphatic carbocycles. The van der Waals surface area contributed by atoms with Crippen LogP contribution in [0.5, 0.6) is 11.5 Å². The van der Waals surface area contributed by atoms with Crippen LogP contribution in [-0.2, 0) is 4.79 Å². The SMILES string of the molecule is COc1ccc(N2C(=O)/C(=C\c3ccccc3OC(C)C)SC2=S)cc1. The first kappa shape index (κ1) is 18.5. The van der Waals surface area contributed by atoms with Gasteiger partial charge in [0.25, 0.3) is 5.91 Å². The van der Waals surface area contributed by atoms with Crippen molar-refractivity contribution in [2.75, 3.05) is 12.0 Å². The molecule has 0 atom stereocenters. The van der Waals surface area contributed by atoms with Crippen molar-refractivity contribution in [3.63, 3.8) is 0 Å². The first-order valence-corrected chi connectivity index (χ1v) is 9.40. The van der Waals surface area contributed by atoms with Crippen LogP contribution in [-0.4, -0.2) is 23.4 Å². The molecule has 134 valence electrons. The molecule has 1 fully saturated rings. The van der Waals surface area contributed by atoms with Gasteiger partial charge >= 0.3 is 0 Å². The lowest BCUT2D eigenvalue weighted by Gasteiger charge is -2.15. The van der Waals surface area contributed by atoms with Crippen molar-refractivity contribution in [2.45, 2.75) is 20.0 Å². The summed E-state index contributed by atoms with van der Waals surface area (Å²) in [6.45, 7) is 3.94. The molecule has 2 aromatic rings. The second kappa shape index (κ2) is 7.93. The molecule has 1 heterocycles. The van der Waals surface area contributed by atoms with E-state index in [0.29, 0.717) is 9.23 Å². The maximum atomic E-state index is 12.9. The van der Waals surface area contributed by atoms with Crippen LogP contribution >= 0.6 is 24.0 Å². The minimum absolute atomic E-state index is 0.0540. The van der Waals surface area contributed by atoms with E-state index in [1.807, 2.05) is 68.5 Å². The number of carbonyl (C=O) groups is 1. The normalized spacial score (nSPS) is 15.8. The molecule has 26 heavy (non-hydrogen) atoms. The molecule has 3 rings (SSSR count). The summed E-state index contributed by atoms with van der Waals surface area (Å²) in [7, 11) is 1.61. The van der Waals surface area contributed by atoms with Gasteiger partial charge in [0, 0.05) is 5.56 Å². The number of hydrogen-bond acceptors (Lipinski definition) is 5. The largest absolute Gasteiger partial charge is 0.497 e. The van der Waals surface area contributed by atoms with Gasteiger partial charge in [0.15, 0.2) is 4.32 Å². The molecule has 0 spiro atoms. The molecule has 1 aliphatic rings. The van der Waals surface area contributed by atoms with E-state index in [1.54, 1.807) is 7.11 Å². The van der Waals surface area contributed by atoms with Crippen LogP contribution in [0.4, 0.5) is 5.69 Å². The van der Waals surface area contributed by atoms with Crippen LogP contribution in [0.1, 0.15) is 19.4 Å². The average Bonchev–Trinajstić information content (AvgIpc) is 2.90. The number of nitrogens with zero attached hydrogens (tertiary/aromatic N) is 1. The Morgan fingerprint density at radius 1 is 1.12 bits per heavy atom. The minimum Gasteiger partial charge on any atom is -0.497 e. The summed E-state index contributed by atoms with van der Waals surface area (Å²) in [4.78, 5) is 15.0. The summed E-state index contributed by atoms with van der Waals surface area (Å²) in [5.41, 5.74) is 1.58. The number of thioether (sulfide) groups is 1. The summed E-state index contributed by atoms with van der Waals surface area (Å²) in [6, 6.07) is 14.9. The number of ether oxygens (including phenoxy) is 2. The van der Waals surface area contributed by atoms with Gasteiger partial charge in [-0.05, 0) is 50.3 Å². The number of methoxy groups -OCH3 is 1. The van der Waals surface area contributed by atoms with Gasteiger partial charge in [0.05, 0.1) is 23.8 Å². The zero-order chi connectivity index (χ0) is 18.7. The van der Waals surface area contributed by atoms with Gasteiger partial charge in [0.2, 0.25) is 0 Å². The van der Waals surface area contributed by atoms with Crippen molar-refractivity contribution >= 4 is 46.0 Å². The van der Waals surface area contributed by atoms with Gasteiger partial charge in [-0.15, -0.1) is 0 Å². The predicted molar refractivity (Wildman–Crippen MR) is 111 cm³/mol. The third-order valence-electron chi connectivity index (χ3n) is 3.69. The second-order valence-corrected chi connectivity index (χ2v) is 7.60. The highest BCUT2D eigenvalue weighted by molar-refractivity contribution is 8.27. The van der Waals surface area contributed by atoms with Crippen molar-refractivity contribution < 1.29 is 14.3 Å². The van der Waals surface area contributed by atoms with Gasteiger partial charge in [0.1, 0.15) is 11.5 Å². The van der Waals surface area contributed by atoms with Crippen molar-refractivity contribution in [1.29, 1.82) is 0 Å². The molecule has 2 aromatic carbocycles. The summed E-state index contributed by atoms with van der Waals surface area (Å²) < 4.78 is 11.5. The summed E-state index contributed by atoms with van der Waals surface area (Å²) in [5, 5.41) is 0. The summed E-state index contributed by atoms with van der Waals surface area (Å²) in [5.74, 6) is 1.34. The van der Waals surface area contributed by atoms with Gasteiger partial charge in [-0.2, -0.15) is 0 Å². The molecule has 0 aromatic heterocycles. The smallest absolute Gasteiger partial charge is 0.270 e. The topological polar surface area (TPSA) is 38.8 Å². The first-order valence-electron chi connectivity index (χ1n) is 8.17. The van der Waals surface area contributed by atoms with Crippen LogP contribution < -0.4 is 14.4 Å². The van der Waals surface area contributed by atoms with Crippen LogP contribution in [0.15, 0.2) is 53.4 Å². The molecular formula is C20H19NO3S2. The zero-order valence-corrected chi connectivity index (χ0v) is 16.4. The highest BCUT2D eigenvalue weighted by Crippen LogP contribution is 2.37. The third kappa shape index (κ3) is 3.92. The van der Waals surface area contributed by atoms with E-state index in [1.165, 1.54) is 16.7 Å². The lowest BCUT2D eigenvalue weighted by molar-refractivity contribution is -0.113. The molecule has 0 saturated carbocycles. The molecular weight excluding hydrogens is 366 g/mol. The van der Waals surface area contributed by atoms with Crippen molar-refractivity contribution in [3.8, 4) is 11.5 Å². The molecule has 6 heteroatoms. The second-order valence-electron chi connectivity index (χ2n) is 5.92. The van der Waals surface area contributed by atoms with Crippen LogP contribution in [0, 0.1) is 0 Å². The van der Waals surface area contributed by atoms with E-state index in [0.717, 1.165) is 22.7 Å². The molecule has 0 unspecified atom stereocenters. The highest BCUT2D eigenvalue weighted by Gasteiger charge is 2.33. The van der Waals surface area contributed by atoms with E-state index >= 15 is 0 Å². The predicted octanol–water partition coefficient (Wildman–Crippen LogP) is 4.89. The molecule has 1 amide bonds. The minimum atomic E-state index is -0.135. The maximum Gasteiger partial charge on any atom is 0.270 e. The van der Waals surface area contributed by atoms with Crippen LogP contribution in [0.2, 0.25) is 0 Å². The number of thiocarbonyl (C=S) groups is 1. The third-order valence-corrected chi connectivity index (χ3v) is 4.99. The quantitative estimate of drug-likeness (QED) is 0.541. The Morgan fingerprint density at radius 3 is 2.46 bits per heavy atom. The lowest BCUT2D eigenvalue weighted by atomic mass is 10.1. The van der Waals surface area contributed by atoms with E-state index in [9.17, 15) is 4.79 Å². The Hall–Kier alpha value is -2.31. The standard InChI is InChI=1S/C20H19NO3S2/c1-13(2)24-17-7-5-4-6-14(17)12-18-19(22)21(20(25)26-18)15-8-10-16(23-3)11-9-15/h4-13H,1-3H3/b18-12+. The van der Waals surface area contributed by atoms with Crippen LogP contribution in [0.25, 0.3) is 6.08 Å². The Morgan fingerprint density at radius 2 is 1.81 bits per heavy atom. The fourth-order valence-corrected chi connectivity index (χ4v) is 3.81. The monoisotopic (exact) mass is 385 g/mol. The van der Waals surface area contributed by atoms with Crippen molar-refractivity contribution in [2.24, 2.45) is 0 Å². The fraction of sp³-hybridized carbons (Fsp3) is 0.200. The van der Waals surface area contributed by atoms with Crippen molar-refractivity contribution in [1.82, 2.24) is 0 Å². The van der Waals surface area contributed by atoms with Gasteiger partial charge in [-0.3, -0.25) is 9.69 Å². The Labute approximate surface area is 162 Å². The Kier molecular flexibility index (Phi) is 5.64. The van der Waals surface area contributed by atoms with Crippen molar-refractivity contribution in [3.05, 3.63) is 59.0 Å². The number of anilines is 1. The Balaban J connectivity index is 1.90. The first-order chi connectivity index (χ1) is 12.5. The number of hydrogen-bond donors (Lipinski definition) is 0. The Bertz CT molecular complexity index is 860. The van der Waals surface area contributed by atoms with Gasteiger partial charge < -0.3 is 9.47 Å². The number of para-hydroxylation sites is 1. The van der Waals surface area contributed by atoms with E-state index < -0.39 is 0 Å². The summed E-state index contributed by atoms with van der Waals surface area (Å²) in [6.07, 6.45) is 1.89. The molecule has 4 nitrogen and oxygen atoms in total. The zero-order valence-electron chi connectivity index (χ0n) is 14.8. The molecule has 0 N–H and O–H groups in total. The fourth-order valence-electron chi connectivity index (χ4n) is 2.52. The van der Waals surface area contributed by atoms with E-state index in [2.05, 4.69) is 0 Å². The van der Waals surface area contributed by atoms with Gasteiger partial charge in [-0.1, -0.05) is 42.2 Å². The van der Waals surface area contributed by atoms with Crippen LogP contribution in [0.3, 0.4) is 0 Å². The number of benzene rings is 2. The molecule has 1 aliphatic heterocycles.